The van der Waals surface area contributed by atoms with E-state index in [9.17, 15) is 0 Å². The molecule has 0 radical (unpaired) electrons. The zero-order valence-corrected chi connectivity index (χ0v) is 15.6. The van der Waals surface area contributed by atoms with Crippen LogP contribution in [0.2, 0.25) is 0 Å². The van der Waals surface area contributed by atoms with Gasteiger partial charge in [-0.25, -0.2) is 0 Å². The summed E-state index contributed by atoms with van der Waals surface area (Å²) in [5.74, 6) is 0. The SMILES string of the molecule is COC1(c2ccc(C)cc2)c2ccccc2[Te]c2ccccc21. The van der Waals surface area contributed by atoms with Gasteiger partial charge in [0.2, 0.25) is 0 Å². The summed E-state index contributed by atoms with van der Waals surface area (Å²) in [6.45, 7) is 2.12. The topological polar surface area (TPSA) is 9.23 Å². The van der Waals surface area contributed by atoms with Crippen molar-refractivity contribution in [1.82, 2.24) is 0 Å². The van der Waals surface area contributed by atoms with Crippen molar-refractivity contribution >= 4 is 28.1 Å². The van der Waals surface area contributed by atoms with E-state index in [0.29, 0.717) is 0 Å². The molecule has 23 heavy (non-hydrogen) atoms. The molecule has 0 unspecified atom stereocenters. The molecule has 0 N–H and O–H groups in total. The molecule has 0 saturated carbocycles. The van der Waals surface area contributed by atoms with Gasteiger partial charge in [-0.3, -0.25) is 0 Å². The molecule has 1 heterocycles. The van der Waals surface area contributed by atoms with Crippen LogP contribution in [0.3, 0.4) is 0 Å². The van der Waals surface area contributed by atoms with Crippen LogP contribution in [0.1, 0.15) is 22.3 Å². The van der Waals surface area contributed by atoms with Gasteiger partial charge in [-0.15, -0.1) is 0 Å². The third-order valence-corrected chi connectivity index (χ3v) is 7.80. The second-order valence-corrected chi connectivity index (χ2v) is 8.94. The number of fused-ring (bicyclic) bond motifs is 2. The molecule has 0 aromatic heterocycles. The molecule has 1 nitrogen and oxygen atoms in total. The van der Waals surface area contributed by atoms with Crippen LogP contribution in [0.25, 0.3) is 0 Å². The Hall–Kier alpha value is -1.59. The van der Waals surface area contributed by atoms with Crippen molar-refractivity contribution in [3.8, 4) is 0 Å². The van der Waals surface area contributed by atoms with Crippen molar-refractivity contribution in [1.29, 1.82) is 0 Å². The van der Waals surface area contributed by atoms with Crippen LogP contribution < -0.4 is 7.22 Å². The molecule has 4 rings (SSSR count). The minimum absolute atomic E-state index is 0.374. The van der Waals surface area contributed by atoms with Crippen LogP contribution in [-0.4, -0.2) is 28.0 Å². The summed E-state index contributed by atoms with van der Waals surface area (Å²) < 4.78 is 9.22. The third-order valence-electron chi connectivity index (χ3n) is 4.52. The van der Waals surface area contributed by atoms with Gasteiger partial charge in [0.05, 0.1) is 0 Å². The van der Waals surface area contributed by atoms with E-state index < -0.39 is 5.60 Å². The van der Waals surface area contributed by atoms with E-state index in [1.54, 1.807) is 0 Å². The second-order valence-electron chi connectivity index (χ2n) is 5.85. The molecule has 1 aliphatic rings. The predicted molar refractivity (Wildman–Crippen MR) is 96.0 cm³/mol. The predicted octanol–water partition coefficient (Wildman–Crippen LogP) is 2.90. The fourth-order valence-corrected chi connectivity index (χ4v) is 6.74. The Bertz CT molecular complexity index is 806. The number of hydrogen-bond acceptors (Lipinski definition) is 1. The standard InChI is InChI=1S/C21H18OTe/c1-15-11-13-16(14-12-15)21(22-2)17-7-3-5-9-19(17)23-20-10-6-4-8-18(20)21/h3-14H,1-2H3. The Kier molecular flexibility index (Phi) is 3.77. The first-order valence-electron chi connectivity index (χ1n) is 7.75. The fraction of sp³-hybridized carbons (Fsp3) is 0.143. The zero-order valence-electron chi connectivity index (χ0n) is 13.2. The van der Waals surface area contributed by atoms with Crippen LogP contribution in [0.15, 0.2) is 72.8 Å². The van der Waals surface area contributed by atoms with Gasteiger partial charge in [0.1, 0.15) is 0 Å². The summed E-state index contributed by atoms with van der Waals surface area (Å²) in [5, 5.41) is 0. The first-order chi connectivity index (χ1) is 11.3. The average molecular weight is 414 g/mol. The molecule has 0 amide bonds. The monoisotopic (exact) mass is 416 g/mol. The summed E-state index contributed by atoms with van der Waals surface area (Å²) in [4.78, 5) is 0. The quantitative estimate of drug-likeness (QED) is 0.587. The van der Waals surface area contributed by atoms with Crippen molar-refractivity contribution in [2.75, 3.05) is 7.11 Å². The van der Waals surface area contributed by atoms with E-state index in [2.05, 4.69) is 79.7 Å². The molecule has 3 aromatic carbocycles. The molecule has 0 fully saturated rings. The second kappa shape index (κ2) is 5.80. The van der Waals surface area contributed by atoms with E-state index in [1.165, 1.54) is 29.5 Å². The average Bonchev–Trinajstić information content (AvgIpc) is 2.60. The Morgan fingerprint density at radius 1 is 0.739 bits per heavy atom. The van der Waals surface area contributed by atoms with Gasteiger partial charge >= 0.3 is 148 Å². The zero-order chi connectivity index (χ0) is 15.9. The molecule has 0 spiro atoms. The van der Waals surface area contributed by atoms with Crippen LogP contribution >= 0.6 is 0 Å². The third kappa shape index (κ3) is 2.25. The van der Waals surface area contributed by atoms with Crippen molar-refractivity contribution in [3.63, 3.8) is 0 Å². The van der Waals surface area contributed by atoms with Crippen LogP contribution in [0, 0.1) is 6.92 Å². The molecular formula is C21H18OTe. The summed E-state index contributed by atoms with van der Waals surface area (Å²) in [6.07, 6.45) is 0. The van der Waals surface area contributed by atoms with Crippen LogP contribution in [0.5, 0.6) is 0 Å². The molecule has 114 valence electrons. The van der Waals surface area contributed by atoms with Gasteiger partial charge < -0.3 is 0 Å². The van der Waals surface area contributed by atoms with Gasteiger partial charge in [0.15, 0.2) is 0 Å². The summed E-state index contributed by atoms with van der Waals surface area (Å²) in [7, 11) is 1.83. The van der Waals surface area contributed by atoms with Crippen molar-refractivity contribution in [2.24, 2.45) is 0 Å². The Morgan fingerprint density at radius 2 is 1.26 bits per heavy atom. The molecule has 0 atom stereocenters. The first kappa shape index (κ1) is 15.0. The Balaban J connectivity index is 2.07. The van der Waals surface area contributed by atoms with Crippen LogP contribution in [-0.2, 0) is 10.3 Å². The summed E-state index contributed by atoms with van der Waals surface area (Å²) >= 11 is -0.374. The van der Waals surface area contributed by atoms with Gasteiger partial charge in [0.25, 0.3) is 0 Å². The minimum atomic E-state index is -0.496. The number of rotatable bonds is 2. The van der Waals surface area contributed by atoms with Crippen molar-refractivity contribution in [3.05, 3.63) is 95.1 Å². The van der Waals surface area contributed by atoms with Gasteiger partial charge in [-0.05, 0) is 0 Å². The summed E-state index contributed by atoms with van der Waals surface area (Å²) in [6, 6.07) is 26.3. The van der Waals surface area contributed by atoms with Gasteiger partial charge in [-0.2, -0.15) is 0 Å². The number of aryl methyl sites for hydroxylation is 1. The summed E-state index contributed by atoms with van der Waals surface area (Å²) in [5.41, 5.74) is 4.60. The van der Waals surface area contributed by atoms with Crippen molar-refractivity contribution < 1.29 is 4.74 Å². The molecular weight excluding hydrogens is 396 g/mol. The fourth-order valence-electron chi connectivity index (χ4n) is 3.39. The maximum atomic E-state index is 6.28. The van der Waals surface area contributed by atoms with Gasteiger partial charge in [0, 0.05) is 0 Å². The van der Waals surface area contributed by atoms with E-state index in [-0.39, 0.29) is 20.9 Å². The van der Waals surface area contributed by atoms with E-state index in [1.807, 2.05) is 7.11 Å². The van der Waals surface area contributed by atoms with Gasteiger partial charge in [-0.1, -0.05) is 0 Å². The Morgan fingerprint density at radius 3 is 1.78 bits per heavy atom. The molecule has 1 aliphatic heterocycles. The molecule has 3 aromatic rings. The van der Waals surface area contributed by atoms with E-state index in [4.69, 9.17) is 4.74 Å². The van der Waals surface area contributed by atoms with E-state index >= 15 is 0 Å². The molecule has 0 saturated heterocycles. The molecule has 2 heteroatoms. The first-order valence-corrected chi connectivity index (χ1v) is 10.1. The van der Waals surface area contributed by atoms with Crippen molar-refractivity contribution in [2.45, 2.75) is 12.5 Å². The molecule has 0 aliphatic carbocycles. The maximum absolute atomic E-state index is 6.28. The normalized spacial score (nSPS) is 14.9. The number of methoxy groups -OCH3 is 1. The number of benzene rings is 3. The Labute approximate surface area is 147 Å². The van der Waals surface area contributed by atoms with E-state index in [0.717, 1.165) is 0 Å². The number of hydrogen-bond donors (Lipinski definition) is 0. The van der Waals surface area contributed by atoms with Crippen LogP contribution in [0.4, 0.5) is 0 Å². The molecule has 0 bridgehead atoms. The number of ether oxygens (including phenoxy) is 1.